The van der Waals surface area contributed by atoms with Gasteiger partial charge in [-0.05, 0) is 19.4 Å². The van der Waals surface area contributed by atoms with Gasteiger partial charge in [-0.2, -0.15) is 0 Å². The standard InChI is InChI=1S/C10H22N2O3S.ClH/c1-2-3-4-8-16(14,15)9-10(13)12-7-5-6-11;/h2-9,11H2,1H3,(H,12,13);1H. The fourth-order valence-electron chi connectivity index (χ4n) is 1.22. The quantitative estimate of drug-likeness (QED) is 0.603. The molecule has 0 bridgehead atoms. The number of nitrogens with one attached hydrogen (secondary N) is 1. The number of hydrogen-bond acceptors (Lipinski definition) is 4. The highest BCUT2D eigenvalue weighted by molar-refractivity contribution is 7.92. The average molecular weight is 287 g/mol. The molecule has 0 aliphatic heterocycles. The van der Waals surface area contributed by atoms with Crippen LogP contribution in [0.4, 0.5) is 0 Å². The van der Waals surface area contributed by atoms with Crippen molar-refractivity contribution in [3.63, 3.8) is 0 Å². The summed E-state index contributed by atoms with van der Waals surface area (Å²) in [5.74, 6) is -0.725. The Balaban J connectivity index is 0. The molecular weight excluding hydrogens is 264 g/mol. The Labute approximate surface area is 110 Å². The van der Waals surface area contributed by atoms with Gasteiger partial charge in [0.05, 0.1) is 5.75 Å². The van der Waals surface area contributed by atoms with Gasteiger partial charge in [0.25, 0.3) is 0 Å². The molecule has 0 aliphatic carbocycles. The van der Waals surface area contributed by atoms with Crippen molar-refractivity contribution in [2.75, 3.05) is 24.6 Å². The number of sulfone groups is 1. The molecule has 0 aromatic heterocycles. The van der Waals surface area contributed by atoms with Crippen molar-refractivity contribution in [2.45, 2.75) is 32.6 Å². The summed E-state index contributed by atoms with van der Waals surface area (Å²) in [6.45, 7) is 2.94. The fraction of sp³-hybridized carbons (Fsp3) is 0.900. The minimum atomic E-state index is -3.23. The smallest absolute Gasteiger partial charge is 0.235 e. The fourth-order valence-corrected chi connectivity index (χ4v) is 2.51. The third-order valence-corrected chi connectivity index (χ3v) is 3.73. The number of carbonyl (C=O) groups excluding carboxylic acids is 1. The van der Waals surface area contributed by atoms with Gasteiger partial charge in [-0.15, -0.1) is 12.4 Å². The molecule has 7 heteroatoms. The van der Waals surface area contributed by atoms with Gasteiger partial charge in [-0.1, -0.05) is 19.8 Å². The van der Waals surface area contributed by atoms with Gasteiger partial charge in [0.1, 0.15) is 5.75 Å². The van der Waals surface area contributed by atoms with Crippen LogP contribution in [0.1, 0.15) is 32.6 Å². The molecule has 104 valence electrons. The summed E-state index contributed by atoms with van der Waals surface area (Å²) >= 11 is 0. The van der Waals surface area contributed by atoms with E-state index in [1.807, 2.05) is 6.92 Å². The highest BCUT2D eigenvalue weighted by Gasteiger charge is 2.15. The zero-order valence-electron chi connectivity index (χ0n) is 10.3. The number of hydrogen-bond donors (Lipinski definition) is 2. The third kappa shape index (κ3) is 11.9. The molecule has 0 radical (unpaired) electrons. The summed E-state index contributed by atoms with van der Waals surface area (Å²) in [4.78, 5) is 11.2. The van der Waals surface area contributed by atoms with Gasteiger partial charge >= 0.3 is 0 Å². The summed E-state index contributed by atoms with van der Waals surface area (Å²) in [5.41, 5.74) is 5.25. The second-order valence-electron chi connectivity index (χ2n) is 3.79. The molecule has 0 heterocycles. The van der Waals surface area contributed by atoms with E-state index in [1.165, 1.54) is 0 Å². The van der Waals surface area contributed by atoms with Crippen molar-refractivity contribution in [3.05, 3.63) is 0 Å². The topological polar surface area (TPSA) is 89.3 Å². The van der Waals surface area contributed by atoms with Crippen LogP contribution in [0.15, 0.2) is 0 Å². The van der Waals surface area contributed by atoms with Gasteiger partial charge in [0.2, 0.25) is 5.91 Å². The largest absolute Gasteiger partial charge is 0.355 e. The predicted molar refractivity (Wildman–Crippen MR) is 72.1 cm³/mol. The Morgan fingerprint density at radius 3 is 2.41 bits per heavy atom. The predicted octanol–water partition coefficient (Wildman–Crippen LogP) is 0.478. The highest BCUT2D eigenvalue weighted by atomic mass is 35.5. The molecule has 0 spiro atoms. The third-order valence-electron chi connectivity index (χ3n) is 2.11. The Kier molecular flexibility index (Phi) is 12.1. The van der Waals surface area contributed by atoms with Crippen molar-refractivity contribution in [1.82, 2.24) is 5.32 Å². The molecule has 1 amide bonds. The molecule has 17 heavy (non-hydrogen) atoms. The van der Waals surface area contributed by atoms with E-state index in [0.29, 0.717) is 25.9 Å². The molecule has 0 rings (SSSR count). The number of carbonyl (C=O) groups is 1. The van der Waals surface area contributed by atoms with E-state index in [0.717, 1.165) is 12.8 Å². The van der Waals surface area contributed by atoms with Crippen molar-refractivity contribution in [1.29, 1.82) is 0 Å². The van der Waals surface area contributed by atoms with Crippen LogP contribution >= 0.6 is 12.4 Å². The first-order valence-corrected chi connectivity index (χ1v) is 7.51. The molecule has 0 aromatic carbocycles. The summed E-state index contributed by atoms with van der Waals surface area (Å²) in [7, 11) is -3.23. The van der Waals surface area contributed by atoms with Crippen LogP contribution in [-0.4, -0.2) is 38.9 Å². The zero-order chi connectivity index (χ0) is 12.4. The molecule has 0 saturated carbocycles. The molecular formula is C10H23ClN2O3S. The summed E-state index contributed by atoms with van der Waals surface area (Å²) in [5, 5.41) is 2.53. The monoisotopic (exact) mass is 286 g/mol. The van der Waals surface area contributed by atoms with Crippen molar-refractivity contribution >= 4 is 28.2 Å². The van der Waals surface area contributed by atoms with E-state index in [-0.39, 0.29) is 18.2 Å². The molecule has 0 atom stereocenters. The summed E-state index contributed by atoms with van der Waals surface area (Å²) in [6.07, 6.45) is 3.16. The molecule has 0 aliphatic rings. The Morgan fingerprint density at radius 2 is 1.88 bits per heavy atom. The zero-order valence-corrected chi connectivity index (χ0v) is 11.9. The van der Waals surface area contributed by atoms with Crippen molar-refractivity contribution in [2.24, 2.45) is 5.73 Å². The molecule has 0 fully saturated rings. The molecule has 0 saturated heterocycles. The van der Waals surface area contributed by atoms with Gasteiger partial charge < -0.3 is 11.1 Å². The number of nitrogens with two attached hydrogens (primary N) is 1. The second kappa shape index (κ2) is 10.8. The molecule has 5 nitrogen and oxygen atoms in total. The van der Waals surface area contributed by atoms with Crippen LogP contribution in [0.3, 0.4) is 0 Å². The van der Waals surface area contributed by atoms with Gasteiger partial charge in [-0.25, -0.2) is 8.42 Å². The maximum absolute atomic E-state index is 11.5. The van der Waals surface area contributed by atoms with Crippen LogP contribution in [0, 0.1) is 0 Å². The number of amides is 1. The van der Waals surface area contributed by atoms with E-state index >= 15 is 0 Å². The van der Waals surface area contributed by atoms with Crippen LogP contribution in [0.5, 0.6) is 0 Å². The minimum absolute atomic E-state index is 0. The number of rotatable bonds is 9. The van der Waals surface area contributed by atoms with Crippen LogP contribution < -0.4 is 11.1 Å². The van der Waals surface area contributed by atoms with Crippen LogP contribution in [0.25, 0.3) is 0 Å². The van der Waals surface area contributed by atoms with E-state index in [2.05, 4.69) is 5.32 Å². The van der Waals surface area contributed by atoms with Gasteiger partial charge in [0, 0.05) is 6.54 Å². The first-order chi connectivity index (χ1) is 7.52. The Hall–Kier alpha value is -0.330. The van der Waals surface area contributed by atoms with E-state index < -0.39 is 21.5 Å². The van der Waals surface area contributed by atoms with Crippen molar-refractivity contribution in [3.8, 4) is 0 Å². The summed E-state index contributed by atoms with van der Waals surface area (Å²) < 4.78 is 22.9. The van der Waals surface area contributed by atoms with E-state index in [1.54, 1.807) is 0 Å². The first-order valence-electron chi connectivity index (χ1n) is 5.69. The number of unbranched alkanes of at least 4 members (excludes halogenated alkanes) is 2. The molecule has 0 unspecified atom stereocenters. The lowest BCUT2D eigenvalue weighted by Crippen LogP contribution is -2.32. The summed E-state index contributed by atoms with van der Waals surface area (Å²) in [6, 6.07) is 0. The second-order valence-corrected chi connectivity index (χ2v) is 5.98. The van der Waals surface area contributed by atoms with E-state index in [9.17, 15) is 13.2 Å². The van der Waals surface area contributed by atoms with Crippen molar-refractivity contribution < 1.29 is 13.2 Å². The molecule has 0 aromatic rings. The minimum Gasteiger partial charge on any atom is -0.355 e. The average Bonchev–Trinajstić information content (AvgIpc) is 2.17. The first kappa shape index (κ1) is 19.0. The van der Waals surface area contributed by atoms with Gasteiger partial charge in [0.15, 0.2) is 9.84 Å². The van der Waals surface area contributed by atoms with Gasteiger partial charge in [-0.3, -0.25) is 4.79 Å². The van der Waals surface area contributed by atoms with Crippen LogP contribution in [-0.2, 0) is 14.6 Å². The number of halogens is 1. The normalized spacial score (nSPS) is 10.7. The lowest BCUT2D eigenvalue weighted by atomic mass is 10.3. The SMILES string of the molecule is CCCCCS(=O)(=O)CC(=O)NCCCN.Cl. The Morgan fingerprint density at radius 1 is 1.24 bits per heavy atom. The maximum Gasteiger partial charge on any atom is 0.235 e. The lowest BCUT2D eigenvalue weighted by Gasteiger charge is -2.05. The maximum atomic E-state index is 11.5. The molecule has 3 N–H and O–H groups in total. The van der Waals surface area contributed by atoms with Crippen LogP contribution in [0.2, 0.25) is 0 Å². The van der Waals surface area contributed by atoms with E-state index in [4.69, 9.17) is 5.73 Å². The highest BCUT2D eigenvalue weighted by Crippen LogP contribution is 2.00. The Bertz CT molecular complexity index is 294. The lowest BCUT2D eigenvalue weighted by molar-refractivity contribution is -0.118.